The minimum Gasteiger partial charge on any atom is -0.369 e. The summed E-state index contributed by atoms with van der Waals surface area (Å²) in [5.74, 6) is 0.838. The second-order valence-electron chi connectivity index (χ2n) is 2.12. The van der Waals surface area contributed by atoms with E-state index in [1.54, 1.807) is 0 Å². The maximum absolute atomic E-state index is 7.08. The molecular formula is C9H17N3S. The third-order valence-corrected chi connectivity index (χ3v) is 2.15. The Balaban J connectivity index is 0.000000671. The van der Waals surface area contributed by atoms with Gasteiger partial charge in [0.1, 0.15) is 5.82 Å². The Morgan fingerprint density at radius 1 is 1.54 bits per heavy atom. The van der Waals surface area contributed by atoms with Gasteiger partial charge in [0.15, 0.2) is 0 Å². The molecule has 1 aromatic heterocycles. The van der Waals surface area contributed by atoms with E-state index >= 15 is 0 Å². The lowest BCUT2D eigenvalue weighted by Crippen LogP contribution is -1.98. The fourth-order valence-corrected chi connectivity index (χ4v) is 1.56. The third-order valence-electron chi connectivity index (χ3n) is 1.24. The molecule has 74 valence electrons. The minimum absolute atomic E-state index is 0.838. The third kappa shape index (κ3) is 3.55. The summed E-state index contributed by atoms with van der Waals surface area (Å²) in [7, 11) is 0. The van der Waals surface area contributed by atoms with Gasteiger partial charge in [0, 0.05) is 12.8 Å². The van der Waals surface area contributed by atoms with Gasteiger partial charge in [-0.2, -0.15) is 0 Å². The SMILES string of the molecule is CC.CCNc1nc(C)sc1C=N. The molecule has 0 radical (unpaired) electrons. The molecule has 0 unspecified atom stereocenters. The van der Waals surface area contributed by atoms with E-state index in [2.05, 4.69) is 10.3 Å². The Hall–Kier alpha value is -0.900. The first-order valence-electron chi connectivity index (χ1n) is 4.49. The molecule has 0 bridgehead atoms. The average Bonchev–Trinajstić information content (AvgIpc) is 2.50. The number of hydrogen-bond acceptors (Lipinski definition) is 4. The summed E-state index contributed by atoms with van der Waals surface area (Å²) >= 11 is 1.54. The Morgan fingerprint density at radius 2 is 2.15 bits per heavy atom. The van der Waals surface area contributed by atoms with Crippen LogP contribution in [0.2, 0.25) is 0 Å². The van der Waals surface area contributed by atoms with E-state index in [-0.39, 0.29) is 0 Å². The van der Waals surface area contributed by atoms with Gasteiger partial charge in [0.25, 0.3) is 0 Å². The number of aromatic nitrogens is 1. The number of anilines is 1. The molecule has 2 N–H and O–H groups in total. The standard InChI is InChI=1S/C7H11N3S.C2H6/c1-3-9-7-6(4-8)11-5(2)10-7;1-2/h4,8-9H,3H2,1-2H3;1-2H3. The van der Waals surface area contributed by atoms with Crippen molar-refractivity contribution in [2.24, 2.45) is 0 Å². The lowest BCUT2D eigenvalue weighted by atomic mass is 10.5. The van der Waals surface area contributed by atoms with Gasteiger partial charge in [-0.1, -0.05) is 13.8 Å². The monoisotopic (exact) mass is 199 g/mol. The lowest BCUT2D eigenvalue weighted by molar-refractivity contribution is 1.16. The zero-order valence-electron chi connectivity index (χ0n) is 8.64. The van der Waals surface area contributed by atoms with Gasteiger partial charge in [-0.05, 0) is 13.8 Å². The lowest BCUT2D eigenvalue weighted by Gasteiger charge is -1.96. The van der Waals surface area contributed by atoms with Crippen molar-refractivity contribution >= 4 is 23.4 Å². The topological polar surface area (TPSA) is 48.8 Å². The minimum atomic E-state index is 0.838. The molecular weight excluding hydrogens is 182 g/mol. The number of hydrogen-bond donors (Lipinski definition) is 2. The van der Waals surface area contributed by atoms with Crippen LogP contribution in [0.4, 0.5) is 5.82 Å². The van der Waals surface area contributed by atoms with Crippen LogP contribution in [0, 0.1) is 12.3 Å². The fraction of sp³-hybridized carbons (Fsp3) is 0.556. The summed E-state index contributed by atoms with van der Waals surface area (Å²) in [6, 6.07) is 0. The summed E-state index contributed by atoms with van der Waals surface area (Å²) < 4.78 is 0. The number of nitrogens with zero attached hydrogens (tertiary/aromatic N) is 1. The molecule has 0 fully saturated rings. The quantitative estimate of drug-likeness (QED) is 0.735. The number of aryl methyl sites for hydroxylation is 1. The van der Waals surface area contributed by atoms with Gasteiger partial charge in [0.2, 0.25) is 0 Å². The van der Waals surface area contributed by atoms with Crippen LogP contribution in [-0.2, 0) is 0 Å². The molecule has 0 saturated carbocycles. The molecule has 0 aliphatic carbocycles. The maximum atomic E-state index is 7.08. The van der Waals surface area contributed by atoms with Crippen molar-refractivity contribution in [3.63, 3.8) is 0 Å². The normalized spacial score (nSPS) is 8.62. The first-order chi connectivity index (χ1) is 6.27. The number of rotatable bonds is 3. The average molecular weight is 199 g/mol. The number of thiazole rings is 1. The highest BCUT2D eigenvalue weighted by atomic mass is 32.1. The fourth-order valence-electron chi connectivity index (χ4n) is 0.835. The van der Waals surface area contributed by atoms with Gasteiger partial charge < -0.3 is 10.7 Å². The van der Waals surface area contributed by atoms with Crippen molar-refractivity contribution < 1.29 is 0 Å². The molecule has 1 heterocycles. The zero-order chi connectivity index (χ0) is 10.3. The van der Waals surface area contributed by atoms with Gasteiger partial charge in [0.05, 0.1) is 9.88 Å². The van der Waals surface area contributed by atoms with Crippen molar-refractivity contribution in [2.45, 2.75) is 27.7 Å². The predicted molar refractivity (Wildman–Crippen MR) is 60.2 cm³/mol. The van der Waals surface area contributed by atoms with Crippen LogP contribution >= 0.6 is 11.3 Å². The van der Waals surface area contributed by atoms with Crippen molar-refractivity contribution in [3.8, 4) is 0 Å². The van der Waals surface area contributed by atoms with Crippen LogP contribution < -0.4 is 5.32 Å². The van der Waals surface area contributed by atoms with Gasteiger partial charge in [-0.25, -0.2) is 4.98 Å². The van der Waals surface area contributed by atoms with Crippen LogP contribution in [0.5, 0.6) is 0 Å². The van der Waals surface area contributed by atoms with Crippen molar-refractivity contribution in [1.82, 2.24) is 4.98 Å². The Kier molecular flexibility index (Phi) is 6.14. The van der Waals surface area contributed by atoms with Crippen molar-refractivity contribution in [1.29, 1.82) is 5.41 Å². The second-order valence-corrected chi connectivity index (χ2v) is 3.36. The molecule has 0 aliphatic rings. The highest BCUT2D eigenvalue weighted by Crippen LogP contribution is 2.19. The van der Waals surface area contributed by atoms with Crippen LogP contribution in [0.15, 0.2) is 0 Å². The van der Waals surface area contributed by atoms with E-state index in [0.29, 0.717) is 0 Å². The van der Waals surface area contributed by atoms with E-state index < -0.39 is 0 Å². The Labute approximate surface area is 83.7 Å². The van der Waals surface area contributed by atoms with E-state index in [1.165, 1.54) is 17.6 Å². The first-order valence-corrected chi connectivity index (χ1v) is 5.31. The highest BCUT2D eigenvalue weighted by molar-refractivity contribution is 7.13. The molecule has 1 rings (SSSR count). The molecule has 1 aromatic rings. The van der Waals surface area contributed by atoms with Gasteiger partial charge in [-0.3, -0.25) is 0 Å². The van der Waals surface area contributed by atoms with Crippen LogP contribution in [0.1, 0.15) is 30.7 Å². The van der Waals surface area contributed by atoms with E-state index in [0.717, 1.165) is 22.2 Å². The van der Waals surface area contributed by atoms with E-state index in [9.17, 15) is 0 Å². The first kappa shape index (κ1) is 12.1. The second kappa shape index (κ2) is 6.60. The smallest absolute Gasteiger partial charge is 0.146 e. The Bertz CT molecular complexity index is 255. The molecule has 0 aliphatic heterocycles. The van der Waals surface area contributed by atoms with E-state index in [1.807, 2.05) is 27.7 Å². The molecule has 0 saturated heterocycles. The number of nitrogens with one attached hydrogen (secondary N) is 2. The summed E-state index contributed by atoms with van der Waals surface area (Å²) in [5.41, 5.74) is 0. The summed E-state index contributed by atoms with van der Waals surface area (Å²) in [4.78, 5) is 5.13. The molecule has 0 amide bonds. The molecule has 3 nitrogen and oxygen atoms in total. The summed E-state index contributed by atoms with van der Waals surface area (Å²) in [5, 5.41) is 11.2. The maximum Gasteiger partial charge on any atom is 0.146 e. The zero-order valence-corrected chi connectivity index (χ0v) is 9.46. The molecule has 0 spiro atoms. The van der Waals surface area contributed by atoms with E-state index in [4.69, 9.17) is 5.41 Å². The largest absolute Gasteiger partial charge is 0.369 e. The summed E-state index contributed by atoms with van der Waals surface area (Å²) in [6.45, 7) is 8.81. The van der Waals surface area contributed by atoms with Gasteiger partial charge >= 0.3 is 0 Å². The molecule has 0 atom stereocenters. The Morgan fingerprint density at radius 3 is 2.62 bits per heavy atom. The van der Waals surface area contributed by atoms with Gasteiger partial charge in [-0.15, -0.1) is 11.3 Å². The van der Waals surface area contributed by atoms with Crippen LogP contribution in [0.25, 0.3) is 0 Å². The van der Waals surface area contributed by atoms with Crippen LogP contribution in [-0.4, -0.2) is 17.7 Å². The van der Waals surface area contributed by atoms with Crippen molar-refractivity contribution in [2.75, 3.05) is 11.9 Å². The molecule has 0 aromatic carbocycles. The molecule has 13 heavy (non-hydrogen) atoms. The molecule has 4 heteroatoms. The van der Waals surface area contributed by atoms with Crippen molar-refractivity contribution in [3.05, 3.63) is 9.88 Å². The summed E-state index contributed by atoms with van der Waals surface area (Å²) in [6.07, 6.45) is 1.34. The highest BCUT2D eigenvalue weighted by Gasteiger charge is 2.03. The predicted octanol–water partition coefficient (Wildman–Crippen LogP) is 2.91. The van der Waals surface area contributed by atoms with Crippen LogP contribution in [0.3, 0.4) is 0 Å².